The van der Waals surface area contributed by atoms with Gasteiger partial charge in [0.25, 0.3) is 0 Å². The molecular weight excluding hydrogens is 228 g/mol. The van der Waals surface area contributed by atoms with E-state index in [9.17, 15) is 17.2 Å². The molecule has 0 aliphatic rings. The summed E-state index contributed by atoms with van der Waals surface area (Å²) in [5.74, 6) is 0. The van der Waals surface area contributed by atoms with Crippen molar-refractivity contribution in [2.45, 2.75) is 0 Å². The van der Waals surface area contributed by atoms with E-state index in [1.807, 2.05) is 0 Å². The Morgan fingerprint density at radius 2 is 1.80 bits per heavy atom. The lowest BCUT2D eigenvalue weighted by Crippen LogP contribution is -1.99. The maximum absolute atomic E-state index is 12.0. The van der Waals surface area contributed by atoms with Crippen LogP contribution in [0, 0.1) is 0 Å². The minimum atomic E-state index is -4.98. The zero-order valence-electron chi connectivity index (χ0n) is 4.67. The van der Waals surface area contributed by atoms with E-state index in [0.717, 1.165) is 0 Å². The highest BCUT2D eigenvalue weighted by molar-refractivity contribution is 8.11. The summed E-state index contributed by atoms with van der Waals surface area (Å²) in [5, 5.41) is 0. The summed E-state index contributed by atoms with van der Waals surface area (Å²) in [5.41, 5.74) is 0. The van der Waals surface area contributed by atoms with Gasteiger partial charge in [-0.05, 0) is 23.0 Å². The van der Waals surface area contributed by atoms with Gasteiger partial charge in [0.05, 0.1) is 0 Å². The minimum absolute atomic E-state index is 0.378. The first kappa shape index (κ1) is 10.9. The first-order chi connectivity index (χ1) is 4.15. The fraction of sp³-hybridized carbons (Fsp3) is 1.00. The zero-order valence-corrected chi connectivity index (χ0v) is 8.03. The van der Waals surface area contributed by atoms with Crippen LogP contribution in [0.25, 0.3) is 0 Å². The summed E-state index contributed by atoms with van der Waals surface area (Å²) < 4.78 is 45.6. The second-order valence-corrected chi connectivity index (χ2v) is 7.18. The number of nitrogens with zero attached hydrogens (tertiary/aromatic N) is 1. The highest BCUT2D eigenvalue weighted by Gasteiger charge is 2.36. The Morgan fingerprint density at radius 3 is 1.80 bits per heavy atom. The summed E-state index contributed by atoms with van der Waals surface area (Å²) in [6.07, 6.45) is 0. The molecule has 0 aromatic carbocycles. The molecule has 0 radical (unpaired) electrons. The van der Waals surface area contributed by atoms with Crippen LogP contribution in [0.5, 0.6) is 0 Å². The number of halogens is 4. The van der Waals surface area contributed by atoms with Crippen molar-refractivity contribution in [1.29, 1.82) is 0 Å². The molecule has 9 heteroatoms. The van der Waals surface area contributed by atoms with Crippen LogP contribution in [0.3, 0.4) is 0 Å². The quantitative estimate of drug-likeness (QED) is 0.680. The highest BCUT2D eigenvalue weighted by atomic mass is 35.7. The Balaban J connectivity index is 4.56. The van der Waals surface area contributed by atoms with Crippen LogP contribution in [-0.2, 0) is 16.4 Å². The standard InChI is InChI=1S/CH3ClF3NOP2S/c1-6(8(2,3)7)9(4,5)10/h1H3/t8-/m1/s1. The van der Waals surface area contributed by atoms with Crippen molar-refractivity contribution in [3.05, 3.63) is 0 Å². The molecule has 10 heavy (non-hydrogen) atoms. The van der Waals surface area contributed by atoms with E-state index in [-0.39, 0.29) is 4.44 Å². The van der Waals surface area contributed by atoms with Gasteiger partial charge in [-0.1, -0.05) is 0 Å². The molecule has 0 bridgehead atoms. The Kier molecular flexibility index (Phi) is 3.40. The van der Waals surface area contributed by atoms with Gasteiger partial charge in [0, 0.05) is 7.05 Å². The van der Waals surface area contributed by atoms with E-state index >= 15 is 0 Å². The molecule has 0 heterocycles. The Hall–Kier alpha value is 0.920. The van der Waals surface area contributed by atoms with Crippen LogP contribution in [0.15, 0.2) is 0 Å². The lowest BCUT2D eigenvalue weighted by molar-refractivity contribution is 0.508. The molecule has 0 rings (SSSR count). The first-order valence-corrected chi connectivity index (χ1v) is 6.88. The van der Waals surface area contributed by atoms with Gasteiger partial charge in [0.15, 0.2) is 0 Å². The topological polar surface area (TPSA) is 20.3 Å². The van der Waals surface area contributed by atoms with Gasteiger partial charge in [-0.3, -0.25) is 4.57 Å². The van der Waals surface area contributed by atoms with Crippen molar-refractivity contribution >= 4 is 36.8 Å². The number of rotatable bonds is 2. The van der Waals surface area contributed by atoms with E-state index in [4.69, 9.17) is 0 Å². The van der Waals surface area contributed by atoms with Crippen molar-refractivity contribution in [1.82, 2.24) is 4.44 Å². The lowest BCUT2D eigenvalue weighted by Gasteiger charge is -2.15. The van der Waals surface area contributed by atoms with Crippen LogP contribution in [0.1, 0.15) is 0 Å². The molecule has 0 saturated carbocycles. The molecule has 0 spiro atoms. The molecule has 62 valence electrons. The van der Waals surface area contributed by atoms with Gasteiger partial charge in [0.2, 0.25) is 0 Å². The normalized spacial score (nSPS) is 19.0. The molecule has 0 unspecified atom stereocenters. The van der Waals surface area contributed by atoms with Crippen LogP contribution in [-0.4, -0.2) is 11.5 Å². The number of hydrogen-bond acceptors (Lipinski definition) is 2. The average Bonchev–Trinajstić information content (AvgIpc) is 1.59. The largest absolute Gasteiger partial charge is 0.406 e. The monoisotopic (exact) mass is 231 g/mol. The van der Waals surface area contributed by atoms with Gasteiger partial charge in [-0.2, -0.15) is 12.6 Å². The van der Waals surface area contributed by atoms with Crippen molar-refractivity contribution in [2.24, 2.45) is 0 Å². The van der Waals surface area contributed by atoms with E-state index in [1.165, 1.54) is 0 Å². The van der Waals surface area contributed by atoms with E-state index in [2.05, 4.69) is 23.0 Å². The van der Waals surface area contributed by atoms with Crippen molar-refractivity contribution in [3.8, 4) is 0 Å². The third-order valence-electron chi connectivity index (χ3n) is 0.674. The van der Waals surface area contributed by atoms with Gasteiger partial charge >= 0.3 is 13.8 Å². The van der Waals surface area contributed by atoms with Gasteiger partial charge in [-0.15, -0.1) is 4.44 Å². The molecule has 0 fully saturated rings. The maximum Gasteiger partial charge on any atom is 0.406 e. The summed E-state index contributed by atoms with van der Waals surface area (Å²) in [6, 6.07) is 0. The Bertz CT molecular complexity index is 189. The molecule has 0 N–H and O–H groups in total. The average molecular weight is 232 g/mol. The molecule has 0 aliphatic heterocycles. The SMILES string of the molecule is CN(P(F)(F)=S)[P@](=O)(F)Cl. The van der Waals surface area contributed by atoms with Gasteiger partial charge in [-0.25, -0.2) is 0 Å². The molecule has 0 aliphatic carbocycles. The van der Waals surface area contributed by atoms with Crippen molar-refractivity contribution < 1.29 is 17.2 Å². The zero-order chi connectivity index (χ0) is 8.58. The van der Waals surface area contributed by atoms with Crippen LogP contribution < -0.4 is 0 Å². The van der Waals surface area contributed by atoms with Gasteiger partial charge < -0.3 is 0 Å². The van der Waals surface area contributed by atoms with Crippen LogP contribution in [0.4, 0.5) is 12.6 Å². The molecular formula is CH3ClF3NOP2S. The van der Waals surface area contributed by atoms with Gasteiger partial charge in [0.1, 0.15) is 0 Å². The summed E-state index contributed by atoms with van der Waals surface area (Å²) in [7, 11) is 0.592. The fourth-order valence-electron chi connectivity index (χ4n) is 0.121. The van der Waals surface area contributed by atoms with Crippen LogP contribution >= 0.6 is 25.0 Å². The smallest absolute Gasteiger partial charge is 0.250 e. The van der Waals surface area contributed by atoms with E-state index in [0.29, 0.717) is 7.05 Å². The molecule has 0 saturated heterocycles. The summed E-state index contributed by atoms with van der Waals surface area (Å²) >= 11 is 8.03. The fourth-order valence-corrected chi connectivity index (χ4v) is 3.06. The van der Waals surface area contributed by atoms with E-state index in [1.54, 1.807) is 0 Å². The molecule has 2 nitrogen and oxygen atoms in total. The number of hydrogen-bond donors (Lipinski definition) is 0. The second kappa shape index (κ2) is 3.11. The Morgan fingerprint density at radius 1 is 1.50 bits per heavy atom. The summed E-state index contributed by atoms with van der Waals surface area (Å²) in [6.45, 7) is -9.86. The third-order valence-corrected chi connectivity index (χ3v) is 5.48. The molecule has 0 aromatic rings. The molecule has 0 amide bonds. The highest BCUT2D eigenvalue weighted by Crippen LogP contribution is 2.70. The minimum Gasteiger partial charge on any atom is -0.250 e. The van der Waals surface area contributed by atoms with Crippen molar-refractivity contribution in [3.63, 3.8) is 0 Å². The molecule has 1 atom stereocenters. The van der Waals surface area contributed by atoms with Crippen molar-refractivity contribution in [2.75, 3.05) is 7.05 Å². The molecule has 0 aromatic heterocycles. The lowest BCUT2D eigenvalue weighted by atomic mass is 11.6. The predicted molar refractivity (Wildman–Crippen MR) is 38.8 cm³/mol. The maximum atomic E-state index is 12.0. The Labute approximate surface area is 66.0 Å². The predicted octanol–water partition coefficient (Wildman–Crippen LogP) is 3.40. The first-order valence-electron chi connectivity index (χ1n) is 1.89. The summed E-state index contributed by atoms with van der Waals surface area (Å²) in [4.78, 5) is 0. The van der Waals surface area contributed by atoms with Crippen LogP contribution in [0.2, 0.25) is 0 Å². The van der Waals surface area contributed by atoms with E-state index < -0.39 is 13.8 Å². The second-order valence-electron chi connectivity index (χ2n) is 1.36. The third kappa shape index (κ3) is 3.35.